The minimum absolute atomic E-state index is 0. The number of carbonyl (C=O) groups is 1. The summed E-state index contributed by atoms with van der Waals surface area (Å²) in [6, 6.07) is -0.482. The summed E-state index contributed by atoms with van der Waals surface area (Å²) in [5.41, 5.74) is 13.7. The van der Waals surface area contributed by atoms with Crippen molar-refractivity contribution < 1.29 is 9.53 Å². The predicted molar refractivity (Wildman–Crippen MR) is 106 cm³/mol. The molecular weight excluding hydrogens is 379 g/mol. The fourth-order valence-corrected chi connectivity index (χ4v) is 3.33. The third kappa shape index (κ3) is 5.09. The number of halogens is 2. The van der Waals surface area contributed by atoms with Crippen LogP contribution in [0.25, 0.3) is 0 Å². The molecule has 2 aliphatic rings. The molecule has 3 heterocycles. The monoisotopic (exact) mass is 406 g/mol. The quantitative estimate of drug-likeness (QED) is 0.730. The number of hydrogen-bond acceptors (Lipinski definition) is 7. The minimum atomic E-state index is -0.482. The summed E-state index contributed by atoms with van der Waals surface area (Å²) >= 11 is 0. The normalized spacial score (nSPS) is 18.5. The Bertz CT molecular complexity index is 609. The van der Waals surface area contributed by atoms with Crippen LogP contribution in [0.2, 0.25) is 0 Å². The molecule has 0 bridgehead atoms. The van der Waals surface area contributed by atoms with Crippen LogP contribution in [0.4, 0.5) is 11.8 Å². The first-order valence-electron chi connectivity index (χ1n) is 8.58. The Morgan fingerprint density at radius 1 is 1.12 bits per heavy atom. The maximum absolute atomic E-state index is 12.2. The summed E-state index contributed by atoms with van der Waals surface area (Å²) < 4.78 is 5.54. The number of anilines is 2. The van der Waals surface area contributed by atoms with Crippen LogP contribution >= 0.6 is 24.8 Å². The number of rotatable bonds is 2. The number of nitrogen functional groups attached to an aromatic ring is 1. The molecule has 4 N–H and O–H groups in total. The SMILES string of the molecule is C[C@@H](N)C(=O)N1CCc2nc(N)nc(N3CCCOCC3)c2CC1.Cl.Cl. The number of nitrogens with two attached hydrogens (primary N) is 2. The van der Waals surface area contributed by atoms with Gasteiger partial charge < -0.3 is 26.0 Å². The number of fused-ring (bicyclic) bond motifs is 1. The second-order valence-corrected chi connectivity index (χ2v) is 6.40. The maximum atomic E-state index is 12.2. The summed E-state index contributed by atoms with van der Waals surface area (Å²) in [5, 5.41) is 0. The second-order valence-electron chi connectivity index (χ2n) is 6.40. The van der Waals surface area contributed by atoms with Gasteiger partial charge in [0.05, 0.1) is 18.3 Å². The van der Waals surface area contributed by atoms with Gasteiger partial charge in [-0.15, -0.1) is 24.8 Å². The molecule has 10 heteroatoms. The van der Waals surface area contributed by atoms with Crippen molar-refractivity contribution in [2.24, 2.45) is 5.73 Å². The molecule has 0 aromatic carbocycles. The van der Waals surface area contributed by atoms with Crippen LogP contribution in [0.3, 0.4) is 0 Å². The molecule has 1 aromatic rings. The number of amides is 1. The highest BCUT2D eigenvalue weighted by molar-refractivity contribution is 5.85. The number of carbonyl (C=O) groups excluding carboxylic acids is 1. The average molecular weight is 407 g/mol. The van der Waals surface area contributed by atoms with Crippen LogP contribution in [-0.2, 0) is 22.4 Å². The molecule has 1 saturated heterocycles. The standard InChI is InChI=1S/C16H26N6O2.2ClH/c1-11(17)15(23)22-6-3-12-13(4-7-22)19-16(18)20-14(12)21-5-2-9-24-10-8-21;;/h11H,2-10,17H2,1H3,(H2,18,19,20);2*1H/t11-;;/m1../s1. The molecule has 0 spiro atoms. The number of nitrogens with zero attached hydrogens (tertiary/aromatic N) is 4. The topological polar surface area (TPSA) is 111 Å². The third-order valence-corrected chi connectivity index (χ3v) is 4.56. The van der Waals surface area contributed by atoms with E-state index in [0.717, 1.165) is 49.6 Å². The molecule has 1 fully saturated rings. The Balaban J connectivity index is 0.00000169. The van der Waals surface area contributed by atoms with Gasteiger partial charge in [0.2, 0.25) is 11.9 Å². The Hall–Kier alpha value is -1.35. The highest BCUT2D eigenvalue weighted by Gasteiger charge is 2.26. The largest absolute Gasteiger partial charge is 0.380 e. The summed E-state index contributed by atoms with van der Waals surface area (Å²) in [6.45, 7) is 6.13. The van der Waals surface area contributed by atoms with Gasteiger partial charge in [-0.05, 0) is 19.8 Å². The lowest BCUT2D eigenvalue weighted by molar-refractivity contribution is -0.132. The van der Waals surface area contributed by atoms with Crippen molar-refractivity contribution in [1.82, 2.24) is 14.9 Å². The molecular formula is C16H28Cl2N6O2. The summed E-state index contributed by atoms with van der Waals surface area (Å²) in [4.78, 5) is 25.2. The van der Waals surface area contributed by atoms with Crippen molar-refractivity contribution in [2.75, 3.05) is 50.0 Å². The summed E-state index contributed by atoms with van der Waals surface area (Å²) in [5.74, 6) is 1.17. The fourth-order valence-electron chi connectivity index (χ4n) is 3.33. The molecule has 2 aliphatic heterocycles. The van der Waals surface area contributed by atoms with E-state index in [0.29, 0.717) is 32.1 Å². The highest BCUT2D eigenvalue weighted by atomic mass is 35.5. The van der Waals surface area contributed by atoms with E-state index in [1.807, 2.05) is 4.90 Å². The zero-order chi connectivity index (χ0) is 17.1. The van der Waals surface area contributed by atoms with E-state index in [1.165, 1.54) is 0 Å². The average Bonchev–Trinajstić information content (AvgIpc) is 2.94. The molecule has 1 amide bonds. The number of ether oxygens (including phenoxy) is 1. The van der Waals surface area contributed by atoms with E-state index in [9.17, 15) is 4.79 Å². The zero-order valence-electron chi connectivity index (χ0n) is 15.0. The molecule has 1 aromatic heterocycles. The summed E-state index contributed by atoms with van der Waals surface area (Å²) in [6.07, 6.45) is 2.37. The van der Waals surface area contributed by atoms with Crippen molar-refractivity contribution in [2.45, 2.75) is 32.2 Å². The number of aromatic nitrogens is 2. The molecule has 0 radical (unpaired) electrons. The molecule has 3 rings (SSSR count). The Morgan fingerprint density at radius 3 is 2.58 bits per heavy atom. The van der Waals surface area contributed by atoms with E-state index in [4.69, 9.17) is 16.2 Å². The minimum Gasteiger partial charge on any atom is -0.380 e. The van der Waals surface area contributed by atoms with Crippen LogP contribution in [0.1, 0.15) is 24.6 Å². The van der Waals surface area contributed by atoms with E-state index < -0.39 is 6.04 Å². The van der Waals surface area contributed by atoms with Crippen molar-refractivity contribution in [3.8, 4) is 0 Å². The Kier molecular flexibility index (Phi) is 8.82. The second kappa shape index (κ2) is 10.1. The van der Waals surface area contributed by atoms with E-state index in [2.05, 4.69) is 14.9 Å². The lowest BCUT2D eigenvalue weighted by atomic mass is 10.1. The van der Waals surface area contributed by atoms with Crippen LogP contribution in [0.5, 0.6) is 0 Å². The van der Waals surface area contributed by atoms with Gasteiger partial charge in [-0.1, -0.05) is 0 Å². The zero-order valence-corrected chi connectivity index (χ0v) is 16.7. The van der Waals surface area contributed by atoms with Gasteiger partial charge in [0.25, 0.3) is 0 Å². The fraction of sp³-hybridized carbons (Fsp3) is 0.688. The smallest absolute Gasteiger partial charge is 0.239 e. The van der Waals surface area contributed by atoms with Crippen LogP contribution in [-0.4, -0.2) is 66.2 Å². The molecule has 148 valence electrons. The molecule has 1 atom stereocenters. The first-order chi connectivity index (χ1) is 11.6. The van der Waals surface area contributed by atoms with Crippen LogP contribution < -0.4 is 16.4 Å². The molecule has 8 nitrogen and oxygen atoms in total. The lowest BCUT2D eigenvalue weighted by Gasteiger charge is -2.25. The van der Waals surface area contributed by atoms with Gasteiger partial charge in [-0.25, -0.2) is 4.98 Å². The van der Waals surface area contributed by atoms with Gasteiger partial charge in [0, 0.05) is 44.8 Å². The maximum Gasteiger partial charge on any atom is 0.239 e. The molecule has 0 saturated carbocycles. The first kappa shape index (κ1) is 22.7. The molecule has 0 aliphatic carbocycles. The summed E-state index contributed by atoms with van der Waals surface area (Å²) in [7, 11) is 0. The molecule has 26 heavy (non-hydrogen) atoms. The van der Waals surface area contributed by atoms with Gasteiger partial charge in [-0.3, -0.25) is 4.79 Å². The Labute approximate surface area is 166 Å². The third-order valence-electron chi connectivity index (χ3n) is 4.56. The molecule has 0 unspecified atom stereocenters. The van der Waals surface area contributed by atoms with Crippen molar-refractivity contribution in [1.29, 1.82) is 0 Å². The van der Waals surface area contributed by atoms with Gasteiger partial charge in [0.1, 0.15) is 5.82 Å². The number of hydrogen-bond donors (Lipinski definition) is 2. The highest BCUT2D eigenvalue weighted by Crippen LogP contribution is 2.26. The van der Waals surface area contributed by atoms with Gasteiger partial charge >= 0.3 is 0 Å². The van der Waals surface area contributed by atoms with Crippen molar-refractivity contribution in [3.63, 3.8) is 0 Å². The van der Waals surface area contributed by atoms with Crippen LogP contribution in [0, 0.1) is 0 Å². The predicted octanol–water partition coefficient (Wildman–Crippen LogP) is 0.403. The van der Waals surface area contributed by atoms with Crippen molar-refractivity contribution >= 4 is 42.5 Å². The first-order valence-corrected chi connectivity index (χ1v) is 8.58. The Morgan fingerprint density at radius 2 is 1.85 bits per heavy atom. The van der Waals surface area contributed by atoms with Gasteiger partial charge in [-0.2, -0.15) is 4.98 Å². The van der Waals surface area contributed by atoms with Crippen LogP contribution in [0.15, 0.2) is 0 Å². The lowest BCUT2D eigenvalue weighted by Crippen LogP contribution is -2.43. The van der Waals surface area contributed by atoms with Gasteiger partial charge in [0.15, 0.2) is 0 Å². The van der Waals surface area contributed by atoms with Crippen molar-refractivity contribution in [3.05, 3.63) is 11.3 Å². The van der Waals surface area contributed by atoms with E-state index in [1.54, 1.807) is 6.92 Å². The van der Waals surface area contributed by atoms with E-state index in [-0.39, 0.29) is 30.7 Å². The van der Waals surface area contributed by atoms with E-state index >= 15 is 0 Å².